The molecule has 1 saturated heterocycles. The van der Waals surface area contributed by atoms with Crippen LogP contribution in [0.5, 0.6) is 0 Å². The Morgan fingerprint density at radius 1 is 0.762 bits per heavy atom. The zero-order chi connectivity index (χ0) is 29.7. The van der Waals surface area contributed by atoms with E-state index in [0.29, 0.717) is 11.3 Å². The molecule has 42 heavy (non-hydrogen) atoms. The average molecular weight is 567 g/mol. The fraction of sp³-hybridized carbons (Fsp3) is 0.182. The van der Waals surface area contributed by atoms with Crippen LogP contribution in [-0.2, 0) is 0 Å². The first kappa shape index (κ1) is 28.5. The first-order chi connectivity index (χ1) is 20.3. The maximum absolute atomic E-state index is 13.4. The van der Waals surface area contributed by atoms with E-state index in [1.165, 1.54) is 0 Å². The van der Waals surface area contributed by atoms with E-state index in [4.69, 9.17) is 0 Å². The molecular weight excluding hydrogens is 534 g/mol. The van der Waals surface area contributed by atoms with Gasteiger partial charge in [-0.05, 0) is 91.9 Å². The maximum atomic E-state index is 13.4. The molecule has 2 aromatic heterocycles. The monoisotopic (exact) mass is 566 g/mol. The van der Waals surface area contributed by atoms with E-state index >= 15 is 0 Å². The molecule has 5 aromatic rings. The van der Waals surface area contributed by atoms with Crippen LogP contribution in [0.3, 0.4) is 0 Å². The highest BCUT2D eigenvalue weighted by molar-refractivity contribution is 6.04. The first-order valence-electron chi connectivity index (χ1n) is 13.8. The summed E-state index contributed by atoms with van der Waals surface area (Å²) in [5.41, 5.74) is 7.04. The number of rotatable bonds is 7. The molecule has 3 aromatic carbocycles. The van der Waals surface area contributed by atoms with E-state index in [1.54, 1.807) is 29.4 Å². The molecule has 0 radical (unpaired) electrons. The van der Waals surface area contributed by atoms with Gasteiger partial charge in [-0.15, -0.1) is 0 Å². The van der Waals surface area contributed by atoms with Crippen molar-refractivity contribution in [3.63, 3.8) is 0 Å². The van der Waals surface area contributed by atoms with Crippen molar-refractivity contribution in [3.8, 4) is 0 Å². The lowest BCUT2D eigenvalue weighted by Gasteiger charge is -2.40. The zero-order valence-corrected chi connectivity index (χ0v) is 23.7. The number of nitrogens with one attached hydrogen (secondary N) is 3. The number of carbonyl (C=O) groups excluding carboxylic acids is 1. The average Bonchev–Trinajstić information content (AvgIpc) is 2.98. The van der Waals surface area contributed by atoms with Gasteiger partial charge < -0.3 is 20.9 Å². The number of aryl methyl sites for hydroxylation is 1. The molecule has 1 amide bonds. The molecule has 0 atom stereocenters. The molecule has 6 rings (SSSR count). The normalized spacial score (nSPS) is 13.4. The number of benzene rings is 3. The number of pyridine rings is 2. The van der Waals surface area contributed by atoms with Crippen LogP contribution in [0.15, 0.2) is 97.3 Å². The topological polar surface area (TPSA) is 82.2 Å². The molecule has 3 N–H and O–H groups in total. The summed E-state index contributed by atoms with van der Waals surface area (Å²) in [5.74, 6) is -2.86. The van der Waals surface area contributed by atoms with Crippen molar-refractivity contribution in [2.24, 2.45) is 0 Å². The van der Waals surface area contributed by atoms with Gasteiger partial charge in [-0.25, -0.2) is 8.78 Å². The Morgan fingerprint density at radius 3 is 2.10 bits per heavy atom. The lowest BCUT2D eigenvalue weighted by Crippen LogP contribution is -2.56. The van der Waals surface area contributed by atoms with Crippen LogP contribution in [0.2, 0.25) is 0 Å². The minimum Gasteiger partial charge on any atom is -0.359 e. The number of carbonyl (C=O) groups is 1. The highest BCUT2D eigenvalue weighted by atomic mass is 19.3. The standard InChI is InChI=1S/C31H26F2N6O.C2H6/c1-20-16-25(12-14-34-20)36-22-6-8-24(9-7-22)38-30(40)21-2-4-23(5-3-21)37-29-13-15-35-28-11-10-26(17-27(28)29)39-18-31(32,33)19-39;1-2/h2-17H,18-19H2,1H3,(H,34,36)(H,35,37)(H,38,40);1-2H3. The molecule has 9 heteroatoms. The molecule has 0 spiro atoms. The fourth-order valence-corrected chi connectivity index (χ4v) is 4.63. The smallest absolute Gasteiger partial charge is 0.282 e. The molecule has 0 aliphatic carbocycles. The second-order valence-corrected chi connectivity index (χ2v) is 9.82. The third-order valence-electron chi connectivity index (χ3n) is 6.69. The van der Waals surface area contributed by atoms with E-state index < -0.39 is 5.92 Å². The number of aromatic nitrogens is 2. The minimum absolute atomic E-state index is 0.220. The van der Waals surface area contributed by atoms with Crippen molar-refractivity contribution in [2.45, 2.75) is 26.7 Å². The predicted molar refractivity (Wildman–Crippen MR) is 167 cm³/mol. The van der Waals surface area contributed by atoms with Crippen molar-refractivity contribution < 1.29 is 13.6 Å². The van der Waals surface area contributed by atoms with Crippen LogP contribution in [0.1, 0.15) is 29.9 Å². The fourth-order valence-electron chi connectivity index (χ4n) is 4.63. The summed E-state index contributed by atoms with van der Waals surface area (Å²) in [6.07, 6.45) is 3.45. The molecule has 3 heterocycles. The SMILES string of the molecule is CC.Cc1cc(Nc2ccc(NC(=O)c3ccc(Nc4ccnc5ccc(N6CC(F)(F)C6)cc45)cc3)cc2)ccn1. The molecular formula is C33H32F2N6O. The van der Waals surface area contributed by atoms with Crippen LogP contribution >= 0.6 is 0 Å². The maximum Gasteiger partial charge on any atom is 0.282 e. The summed E-state index contributed by atoms with van der Waals surface area (Å²) >= 11 is 0. The van der Waals surface area contributed by atoms with E-state index in [0.717, 1.165) is 45.0 Å². The van der Waals surface area contributed by atoms with Crippen molar-refractivity contribution in [1.29, 1.82) is 0 Å². The summed E-state index contributed by atoms with van der Waals surface area (Å²) in [5, 5.41) is 10.4. The van der Waals surface area contributed by atoms with Crippen LogP contribution in [0, 0.1) is 6.92 Å². The molecule has 7 nitrogen and oxygen atoms in total. The number of hydrogen-bond donors (Lipinski definition) is 3. The number of anilines is 6. The lowest BCUT2D eigenvalue weighted by atomic mass is 10.1. The third-order valence-corrected chi connectivity index (χ3v) is 6.69. The van der Waals surface area contributed by atoms with Gasteiger partial charge in [-0.2, -0.15) is 0 Å². The molecule has 1 aliphatic heterocycles. The molecule has 214 valence electrons. The van der Waals surface area contributed by atoms with E-state index in [9.17, 15) is 13.6 Å². The van der Waals surface area contributed by atoms with Crippen molar-refractivity contribution in [1.82, 2.24) is 9.97 Å². The summed E-state index contributed by atoms with van der Waals surface area (Å²) < 4.78 is 26.7. The Balaban J connectivity index is 0.00000173. The van der Waals surface area contributed by atoms with E-state index in [1.807, 2.05) is 93.6 Å². The van der Waals surface area contributed by atoms with E-state index in [-0.39, 0.29) is 19.0 Å². The van der Waals surface area contributed by atoms with Gasteiger partial charge in [-0.3, -0.25) is 14.8 Å². The van der Waals surface area contributed by atoms with Crippen LogP contribution in [0.4, 0.5) is 42.9 Å². The highest BCUT2D eigenvalue weighted by Gasteiger charge is 2.43. The number of hydrogen-bond acceptors (Lipinski definition) is 6. The van der Waals surface area contributed by atoms with Gasteiger partial charge in [0.15, 0.2) is 0 Å². The number of nitrogens with zero attached hydrogens (tertiary/aromatic N) is 3. The van der Waals surface area contributed by atoms with Crippen molar-refractivity contribution >= 4 is 50.9 Å². The minimum atomic E-state index is -2.64. The molecule has 0 unspecified atom stereocenters. The second kappa shape index (κ2) is 12.2. The van der Waals surface area contributed by atoms with Crippen LogP contribution in [0.25, 0.3) is 10.9 Å². The third kappa shape index (κ3) is 6.63. The summed E-state index contributed by atoms with van der Waals surface area (Å²) in [7, 11) is 0. The largest absolute Gasteiger partial charge is 0.359 e. The Bertz CT molecular complexity index is 1680. The van der Waals surface area contributed by atoms with Gasteiger partial charge in [0.2, 0.25) is 0 Å². The van der Waals surface area contributed by atoms with Gasteiger partial charge in [0, 0.05) is 63.2 Å². The number of halogens is 2. The van der Waals surface area contributed by atoms with E-state index in [2.05, 4.69) is 25.9 Å². The number of fused-ring (bicyclic) bond motifs is 1. The Morgan fingerprint density at radius 2 is 1.40 bits per heavy atom. The van der Waals surface area contributed by atoms with Crippen molar-refractivity contribution in [3.05, 3.63) is 109 Å². The second-order valence-electron chi connectivity index (χ2n) is 9.82. The Kier molecular flexibility index (Phi) is 8.28. The quantitative estimate of drug-likeness (QED) is 0.184. The number of amides is 1. The van der Waals surface area contributed by atoms with Gasteiger partial charge in [0.25, 0.3) is 11.8 Å². The highest BCUT2D eigenvalue weighted by Crippen LogP contribution is 2.35. The summed E-state index contributed by atoms with van der Waals surface area (Å²) in [4.78, 5) is 23.1. The van der Waals surface area contributed by atoms with Crippen LogP contribution < -0.4 is 20.9 Å². The lowest BCUT2D eigenvalue weighted by molar-refractivity contribution is -0.0262. The summed E-state index contributed by atoms with van der Waals surface area (Å²) in [6, 6.07) is 25.8. The first-order valence-corrected chi connectivity index (χ1v) is 13.8. The van der Waals surface area contributed by atoms with Crippen molar-refractivity contribution in [2.75, 3.05) is 33.9 Å². The van der Waals surface area contributed by atoms with Gasteiger partial charge in [0.1, 0.15) is 0 Å². The Labute approximate surface area is 243 Å². The molecule has 1 aliphatic rings. The zero-order valence-electron chi connectivity index (χ0n) is 23.7. The Hall–Kier alpha value is -5.05. The molecule has 1 fully saturated rings. The predicted octanol–water partition coefficient (Wildman–Crippen LogP) is 8.16. The van der Waals surface area contributed by atoms with Gasteiger partial charge in [0.05, 0.1) is 18.6 Å². The van der Waals surface area contributed by atoms with Gasteiger partial charge >= 0.3 is 0 Å². The molecule has 0 saturated carbocycles. The summed E-state index contributed by atoms with van der Waals surface area (Å²) in [6.45, 7) is 5.37. The number of alkyl halides is 2. The van der Waals surface area contributed by atoms with Gasteiger partial charge in [-0.1, -0.05) is 13.8 Å². The molecule has 0 bridgehead atoms. The van der Waals surface area contributed by atoms with Crippen LogP contribution in [-0.4, -0.2) is 34.9 Å².